The molecule has 0 radical (unpaired) electrons. The molecule has 7 heteroatoms. The van der Waals surface area contributed by atoms with Gasteiger partial charge in [0.25, 0.3) is 0 Å². The van der Waals surface area contributed by atoms with Gasteiger partial charge in [-0.1, -0.05) is 26.0 Å². The highest BCUT2D eigenvalue weighted by Gasteiger charge is 2.32. The third kappa shape index (κ3) is 4.85. The zero-order valence-electron chi connectivity index (χ0n) is 17.0. The minimum absolute atomic E-state index is 0.155. The number of hydrogen-bond donors (Lipinski definition) is 1. The topological polar surface area (TPSA) is 66.5 Å². The Balaban J connectivity index is 1.62. The van der Waals surface area contributed by atoms with E-state index in [1.165, 1.54) is 16.4 Å². The van der Waals surface area contributed by atoms with Crippen LogP contribution >= 0.6 is 0 Å². The van der Waals surface area contributed by atoms with Crippen LogP contribution in [0.2, 0.25) is 0 Å². The zero-order chi connectivity index (χ0) is 21.2. The van der Waals surface area contributed by atoms with Crippen LogP contribution in [0, 0.1) is 18.7 Å². The van der Waals surface area contributed by atoms with Crippen LogP contribution in [0.5, 0.6) is 0 Å². The van der Waals surface area contributed by atoms with Gasteiger partial charge in [-0.2, -0.15) is 4.31 Å². The molecule has 1 heterocycles. The van der Waals surface area contributed by atoms with Crippen molar-refractivity contribution in [3.63, 3.8) is 0 Å². The molecule has 1 fully saturated rings. The van der Waals surface area contributed by atoms with Crippen molar-refractivity contribution >= 4 is 21.6 Å². The molecule has 156 valence electrons. The molecule has 1 aliphatic rings. The van der Waals surface area contributed by atoms with Crippen LogP contribution in [0.4, 0.5) is 10.1 Å². The summed E-state index contributed by atoms with van der Waals surface area (Å²) in [5.41, 5.74) is 2.33. The fraction of sp³-hybridized carbons (Fsp3) is 0.409. The van der Waals surface area contributed by atoms with Gasteiger partial charge in [0.1, 0.15) is 5.82 Å². The molecule has 2 aromatic rings. The van der Waals surface area contributed by atoms with Crippen molar-refractivity contribution < 1.29 is 17.6 Å². The molecule has 0 spiro atoms. The first-order chi connectivity index (χ1) is 13.7. The fourth-order valence-corrected chi connectivity index (χ4v) is 5.00. The lowest BCUT2D eigenvalue weighted by atomic mass is 9.97. The molecule has 1 amide bonds. The van der Waals surface area contributed by atoms with Crippen molar-refractivity contribution in [3.05, 3.63) is 59.4 Å². The van der Waals surface area contributed by atoms with E-state index in [1.807, 2.05) is 12.1 Å². The first kappa shape index (κ1) is 21.5. The molecule has 1 saturated heterocycles. The second-order valence-corrected chi connectivity index (χ2v) is 9.79. The van der Waals surface area contributed by atoms with E-state index in [0.29, 0.717) is 43.1 Å². The quantitative estimate of drug-likeness (QED) is 0.787. The predicted molar refractivity (Wildman–Crippen MR) is 112 cm³/mol. The van der Waals surface area contributed by atoms with Gasteiger partial charge in [0, 0.05) is 24.7 Å². The van der Waals surface area contributed by atoms with Crippen molar-refractivity contribution in [2.75, 3.05) is 18.4 Å². The minimum Gasteiger partial charge on any atom is -0.326 e. The molecule has 0 aliphatic carbocycles. The van der Waals surface area contributed by atoms with E-state index >= 15 is 0 Å². The second-order valence-electron chi connectivity index (χ2n) is 7.85. The Morgan fingerprint density at radius 3 is 2.28 bits per heavy atom. The summed E-state index contributed by atoms with van der Waals surface area (Å²) in [5.74, 6) is -0.432. The van der Waals surface area contributed by atoms with Gasteiger partial charge in [-0.3, -0.25) is 4.79 Å². The molecule has 2 aromatic carbocycles. The average Bonchev–Trinajstić information content (AvgIpc) is 2.70. The standard InChI is InChI=1S/C22H27FN2O3S/c1-15(2)17-4-7-20(8-5-17)29(27,28)25-12-10-18(11-13-25)22(26)24-21-9-6-19(23)14-16(21)3/h4-9,14-15,18H,10-13H2,1-3H3,(H,24,26). The maximum absolute atomic E-state index is 13.2. The summed E-state index contributed by atoms with van der Waals surface area (Å²) in [6, 6.07) is 11.2. The number of sulfonamides is 1. The Bertz CT molecular complexity index is 980. The van der Waals surface area contributed by atoms with Crippen LogP contribution in [0.3, 0.4) is 0 Å². The van der Waals surface area contributed by atoms with E-state index in [-0.39, 0.29) is 22.5 Å². The van der Waals surface area contributed by atoms with Crippen molar-refractivity contribution in [1.82, 2.24) is 4.31 Å². The van der Waals surface area contributed by atoms with Crippen LogP contribution < -0.4 is 5.32 Å². The molecule has 1 N–H and O–H groups in total. The highest BCUT2D eigenvalue weighted by atomic mass is 32.2. The molecule has 0 saturated carbocycles. The van der Waals surface area contributed by atoms with Crippen LogP contribution in [0.15, 0.2) is 47.4 Å². The van der Waals surface area contributed by atoms with E-state index in [2.05, 4.69) is 19.2 Å². The summed E-state index contributed by atoms with van der Waals surface area (Å²) in [6.07, 6.45) is 0.908. The Morgan fingerprint density at radius 1 is 1.10 bits per heavy atom. The summed E-state index contributed by atoms with van der Waals surface area (Å²) in [5, 5.41) is 2.84. The third-order valence-electron chi connectivity index (χ3n) is 5.46. The van der Waals surface area contributed by atoms with Crippen LogP contribution in [0.1, 0.15) is 43.7 Å². The van der Waals surface area contributed by atoms with Gasteiger partial charge in [0.2, 0.25) is 15.9 Å². The fourth-order valence-electron chi connectivity index (χ4n) is 3.53. The van der Waals surface area contributed by atoms with E-state index in [9.17, 15) is 17.6 Å². The van der Waals surface area contributed by atoms with Gasteiger partial charge in [0.05, 0.1) is 4.90 Å². The highest BCUT2D eigenvalue weighted by molar-refractivity contribution is 7.89. The molecular weight excluding hydrogens is 391 g/mol. The van der Waals surface area contributed by atoms with E-state index in [0.717, 1.165) is 5.56 Å². The number of aryl methyl sites for hydroxylation is 1. The summed E-state index contributed by atoms with van der Waals surface area (Å²) in [4.78, 5) is 12.8. The lowest BCUT2D eigenvalue weighted by Crippen LogP contribution is -2.41. The number of hydrogen-bond acceptors (Lipinski definition) is 3. The van der Waals surface area contributed by atoms with Crippen molar-refractivity contribution in [3.8, 4) is 0 Å². The van der Waals surface area contributed by atoms with E-state index in [4.69, 9.17) is 0 Å². The number of anilines is 1. The molecule has 0 bridgehead atoms. The van der Waals surface area contributed by atoms with Crippen LogP contribution in [-0.2, 0) is 14.8 Å². The van der Waals surface area contributed by atoms with Gasteiger partial charge in [0.15, 0.2) is 0 Å². The molecule has 3 rings (SSSR count). The normalized spacial score (nSPS) is 16.2. The Kier molecular flexibility index (Phi) is 6.39. The first-order valence-corrected chi connectivity index (χ1v) is 11.3. The molecule has 0 unspecified atom stereocenters. The van der Waals surface area contributed by atoms with Gasteiger partial charge in [-0.25, -0.2) is 12.8 Å². The average molecular weight is 419 g/mol. The lowest BCUT2D eigenvalue weighted by Gasteiger charge is -2.30. The smallest absolute Gasteiger partial charge is 0.243 e. The summed E-state index contributed by atoms with van der Waals surface area (Å²) in [6.45, 7) is 6.46. The zero-order valence-corrected chi connectivity index (χ0v) is 17.8. The van der Waals surface area contributed by atoms with Gasteiger partial charge in [-0.15, -0.1) is 0 Å². The van der Waals surface area contributed by atoms with Crippen molar-refractivity contribution in [2.45, 2.75) is 44.4 Å². The molecule has 0 aromatic heterocycles. The predicted octanol–water partition coefficient (Wildman–Crippen LogP) is 4.30. The molecular formula is C22H27FN2O3S. The monoisotopic (exact) mass is 418 g/mol. The third-order valence-corrected chi connectivity index (χ3v) is 7.37. The first-order valence-electron chi connectivity index (χ1n) is 9.85. The summed E-state index contributed by atoms with van der Waals surface area (Å²) in [7, 11) is -3.56. The Labute approximate surface area is 172 Å². The van der Waals surface area contributed by atoms with Crippen molar-refractivity contribution in [1.29, 1.82) is 0 Å². The number of benzene rings is 2. The number of nitrogens with one attached hydrogen (secondary N) is 1. The minimum atomic E-state index is -3.56. The second kappa shape index (κ2) is 8.63. The maximum Gasteiger partial charge on any atom is 0.243 e. The molecule has 0 atom stereocenters. The number of carbonyl (C=O) groups excluding carboxylic acids is 1. The van der Waals surface area contributed by atoms with Gasteiger partial charge < -0.3 is 5.32 Å². The van der Waals surface area contributed by atoms with Gasteiger partial charge >= 0.3 is 0 Å². The van der Waals surface area contributed by atoms with E-state index < -0.39 is 10.0 Å². The van der Waals surface area contributed by atoms with Crippen molar-refractivity contribution in [2.24, 2.45) is 5.92 Å². The Morgan fingerprint density at radius 2 is 1.72 bits per heavy atom. The van der Waals surface area contributed by atoms with Crippen LogP contribution in [-0.4, -0.2) is 31.7 Å². The SMILES string of the molecule is Cc1cc(F)ccc1NC(=O)C1CCN(S(=O)(=O)c2ccc(C(C)C)cc2)CC1. The summed E-state index contributed by atoms with van der Waals surface area (Å²) >= 11 is 0. The number of rotatable bonds is 5. The maximum atomic E-state index is 13.2. The number of piperidine rings is 1. The number of halogens is 1. The number of amides is 1. The largest absolute Gasteiger partial charge is 0.326 e. The highest BCUT2D eigenvalue weighted by Crippen LogP contribution is 2.26. The lowest BCUT2D eigenvalue weighted by molar-refractivity contribution is -0.120. The Hall–Kier alpha value is -2.25. The molecule has 5 nitrogen and oxygen atoms in total. The summed E-state index contributed by atoms with van der Waals surface area (Å²) < 4.78 is 40.5. The number of nitrogens with zero attached hydrogens (tertiary/aromatic N) is 1. The van der Waals surface area contributed by atoms with Crippen LogP contribution in [0.25, 0.3) is 0 Å². The molecule has 1 aliphatic heterocycles. The molecule has 29 heavy (non-hydrogen) atoms. The van der Waals surface area contributed by atoms with Gasteiger partial charge in [-0.05, 0) is 67.1 Å². The van der Waals surface area contributed by atoms with E-state index in [1.54, 1.807) is 25.1 Å². The number of carbonyl (C=O) groups is 1.